The van der Waals surface area contributed by atoms with Gasteiger partial charge in [-0.1, -0.05) is 152 Å². The lowest BCUT2D eigenvalue weighted by atomic mass is 9.61. The molecule has 1 heterocycles. The van der Waals surface area contributed by atoms with E-state index in [1.54, 1.807) is 0 Å². The Kier molecular flexibility index (Phi) is 7.24. The Morgan fingerprint density at radius 1 is 0.362 bits per heavy atom. The molecule has 0 radical (unpaired) electrons. The average Bonchev–Trinajstić information content (AvgIpc) is 3.78. The van der Waals surface area contributed by atoms with Gasteiger partial charge in [-0.3, -0.25) is 0 Å². The summed E-state index contributed by atoms with van der Waals surface area (Å²) < 4.78 is 2.37. The van der Waals surface area contributed by atoms with Crippen molar-refractivity contribution in [1.29, 1.82) is 0 Å². The molecule has 1 spiro atoms. The molecule has 2 aliphatic carbocycles. The molecule has 12 rings (SSSR count). The van der Waals surface area contributed by atoms with Crippen LogP contribution in [-0.2, 0) is 11.8 Å². The molecule has 0 bridgehead atoms. The van der Waals surface area contributed by atoms with Crippen LogP contribution in [0.15, 0.2) is 218 Å². The van der Waals surface area contributed by atoms with Crippen LogP contribution in [0.3, 0.4) is 0 Å². The van der Waals surface area contributed by atoms with Gasteiger partial charge in [0.1, 0.15) is 0 Å². The predicted molar refractivity (Wildman–Crippen MR) is 241 cm³/mol. The topological polar surface area (TPSA) is 8.17 Å². The highest BCUT2D eigenvalue weighted by Crippen LogP contribution is 2.59. The standard InChI is InChI=1S/C56H38N2/c1-3-17-42(18-4-1)57(45-32-34-55-49(37-45)47-22-10-14-26-54(47)58(55)43-19-5-2-6-20-43)44-30-27-38(28-31-44)39-29-33-53-48(36-39)46-21-9-13-25-52(46)56(53)50-23-11-7-15-40(50)35-41-16-8-12-24-51(41)56/h1-34,36-37H,35H2. The van der Waals surface area contributed by atoms with Gasteiger partial charge in [-0.25, -0.2) is 0 Å². The van der Waals surface area contributed by atoms with Crippen molar-refractivity contribution in [2.75, 3.05) is 4.90 Å². The summed E-state index contributed by atoms with van der Waals surface area (Å²) in [5.41, 5.74) is 20.0. The number of para-hydroxylation sites is 3. The van der Waals surface area contributed by atoms with E-state index in [2.05, 4.69) is 228 Å². The van der Waals surface area contributed by atoms with E-state index in [0.717, 1.165) is 29.2 Å². The Balaban J connectivity index is 0.977. The monoisotopic (exact) mass is 738 g/mol. The Labute approximate surface area is 338 Å². The molecule has 1 aromatic heterocycles. The van der Waals surface area contributed by atoms with Crippen LogP contribution < -0.4 is 4.90 Å². The molecule has 0 aliphatic heterocycles. The van der Waals surface area contributed by atoms with Crippen LogP contribution in [0.25, 0.3) is 49.7 Å². The van der Waals surface area contributed by atoms with Crippen LogP contribution in [0.2, 0.25) is 0 Å². The summed E-state index contributed by atoms with van der Waals surface area (Å²) in [7, 11) is 0. The van der Waals surface area contributed by atoms with Crippen LogP contribution in [0.4, 0.5) is 17.1 Å². The van der Waals surface area contributed by atoms with Crippen LogP contribution in [0, 0.1) is 0 Å². The lowest BCUT2D eigenvalue weighted by Gasteiger charge is -2.40. The summed E-state index contributed by atoms with van der Waals surface area (Å²) in [4.78, 5) is 2.37. The molecule has 0 fully saturated rings. The van der Waals surface area contributed by atoms with Gasteiger partial charge in [0.2, 0.25) is 0 Å². The van der Waals surface area contributed by atoms with Crippen molar-refractivity contribution in [1.82, 2.24) is 4.57 Å². The van der Waals surface area contributed by atoms with Gasteiger partial charge in [0.05, 0.1) is 16.4 Å². The molecule has 0 amide bonds. The highest BCUT2D eigenvalue weighted by molar-refractivity contribution is 6.10. The number of nitrogens with zero attached hydrogens (tertiary/aromatic N) is 2. The minimum atomic E-state index is -0.343. The molecule has 9 aromatic carbocycles. The zero-order valence-electron chi connectivity index (χ0n) is 31.9. The molecule has 2 aliphatic rings. The van der Waals surface area contributed by atoms with Gasteiger partial charge in [-0.15, -0.1) is 0 Å². The van der Waals surface area contributed by atoms with Crippen LogP contribution in [-0.4, -0.2) is 4.57 Å². The van der Waals surface area contributed by atoms with E-state index in [1.807, 2.05) is 0 Å². The van der Waals surface area contributed by atoms with E-state index in [4.69, 9.17) is 0 Å². The van der Waals surface area contributed by atoms with E-state index in [-0.39, 0.29) is 5.41 Å². The zero-order chi connectivity index (χ0) is 38.2. The first-order valence-electron chi connectivity index (χ1n) is 20.2. The van der Waals surface area contributed by atoms with E-state index in [9.17, 15) is 0 Å². The number of anilines is 3. The number of hydrogen-bond donors (Lipinski definition) is 0. The fourth-order valence-corrected chi connectivity index (χ4v) is 10.3. The maximum Gasteiger partial charge on any atom is 0.0719 e. The SMILES string of the molecule is c1ccc(N(c2ccc(-c3ccc4c(c3)-c3ccccc3C43c4ccccc4Cc4ccccc43)cc2)c2ccc3c(c2)c2ccccc2n3-c2ccccc2)cc1. The van der Waals surface area contributed by atoms with Gasteiger partial charge in [0, 0.05) is 33.5 Å². The Morgan fingerprint density at radius 2 is 0.914 bits per heavy atom. The van der Waals surface area contributed by atoms with Crippen molar-refractivity contribution in [3.05, 3.63) is 252 Å². The zero-order valence-corrected chi connectivity index (χ0v) is 31.9. The van der Waals surface area contributed by atoms with Gasteiger partial charge >= 0.3 is 0 Å². The second-order valence-corrected chi connectivity index (χ2v) is 15.7. The smallest absolute Gasteiger partial charge is 0.0719 e. The van der Waals surface area contributed by atoms with Crippen molar-refractivity contribution in [2.24, 2.45) is 0 Å². The number of aromatic nitrogens is 1. The summed E-state index contributed by atoms with van der Waals surface area (Å²) >= 11 is 0. The van der Waals surface area contributed by atoms with Crippen molar-refractivity contribution in [2.45, 2.75) is 11.8 Å². The quantitative estimate of drug-likeness (QED) is 0.171. The van der Waals surface area contributed by atoms with Crippen LogP contribution >= 0.6 is 0 Å². The lowest BCUT2D eigenvalue weighted by molar-refractivity contribution is 0.722. The van der Waals surface area contributed by atoms with Crippen molar-refractivity contribution in [3.8, 4) is 27.9 Å². The molecular formula is C56H38N2. The molecule has 272 valence electrons. The fourth-order valence-electron chi connectivity index (χ4n) is 10.3. The molecule has 2 nitrogen and oxygen atoms in total. The molecule has 0 saturated carbocycles. The second-order valence-electron chi connectivity index (χ2n) is 15.7. The number of fused-ring (bicyclic) bond motifs is 12. The number of benzene rings is 9. The Morgan fingerprint density at radius 3 is 1.67 bits per heavy atom. The van der Waals surface area contributed by atoms with E-state index in [1.165, 1.54) is 77.4 Å². The maximum absolute atomic E-state index is 2.43. The largest absolute Gasteiger partial charge is 0.310 e. The molecule has 0 atom stereocenters. The Bertz CT molecular complexity index is 3150. The summed E-state index contributed by atoms with van der Waals surface area (Å²) in [5, 5.41) is 2.47. The van der Waals surface area contributed by atoms with Crippen LogP contribution in [0.5, 0.6) is 0 Å². The normalized spacial score (nSPS) is 13.2. The molecular weight excluding hydrogens is 701 g/mol. The van der Waals surface area contributed by atoms with E-state index >= 15 is 0 Å². The summed E-state index contributed by atoms with van der Waals surface area (Å²) in [6, 6.07) is 80.6. The van der Waals surface area contributed by atoms with Gasteiger partial charge in [-0.05, 0) is 129 Å². The van der Waals surface area contributed by atoms with Crippen LogP contribution in [0.1, 0.15) is 33.4 Å². The summed E-state index contributed by atoms with van der Waals surface area (Å²) in [6.07, 6.45) is 0.959. The predicted octanol–water partition coefficient (Wildman–Crippen LogP) is 14.2. The minimum Gasteiger partial charge on any atom is -0.310 e. The van der Waals surface area contributed by atoms with Gasteiger partial charge in [0.15, 0.2) is 0 Å². The summed E-state index contributed by atoms with van der Waals surface area (Å²) in [6.45, 7) is 0. The third kappa shape index (κ3) is 4.72. The fraction of sp³-hybridized carbons (Fsp3) is 0.0357. The average molecular weight is 739 g/mol. The van der Waals surface area contributed by atoms with Gasteiger partial charge in [-0.2, -0.15) is 0 Å². The Hall–Kier alpha value is -7.42. The number of rotatable bonds is 5. The highest BCUT2D eigenvalue weighted by Gasteiger charge is 2.49. The summed E-state index contributed by atoms with van der Waals surface area (Å²) in [5.74, 6) is 0. The third-order valence-corrected chi connectivity index (χ3v) is 12.7. The van der Waals surface area contributed by atoms with Crippen molar-refractivity contribution >= 4 is 38.9 Å². The first-order valence-corrected chi connectivity index (χ1v) is 20.2. The molecule has 10 aromatic rings. The third-order valence-electron chi connectivity index (χ3n) is 12.7. The second kappa shape index (κ2) is 12.8. The van der Waals surface area contributed by atoms with E-state index in [0.29, 0.717) is 0 Å². The maximum atomic E-state index is 2.43. The molecule has 0 saturated heterocycles. The molecule has 58 heavy (non-hydrogen) atoms. The molecule has 0 N–H and O–H groups in total. The molecule has 0 unspecified atom stereocenters. The van der Waals surface area contributed by atoms with Crippen molar-refractivity contribution in [3.63, 3.8) is 0 Å². The highest BCUT2D eigenvalue weighted by atomic mass is 15.1. The minimum absolute atomic E-state index is 0.343. The van der Waals surface area contributed by atoms with Gasteiger partial charge < -0.3 is 9.47 Å². The number of hydrogen-bond acceptors (Lipinski definition) is 1. The van der Waals surface area contributed by atoms with Gasteiger partial charge in [0.25, 0.3) is 0 Å². The first kappa shape index (κ1) is 32.8. The van der Waals surface area contributed by atoms with E-state index < -0.39 is 0 Å². The lowest BCUT2D eigenvalue weighted by Crippen LogP contribution is -2.34. The molecule has 2 heteroatoms. The van der Waals surface area contributed by atoms with Crippen molar-refractivity contribution < 1.29 is 0 Å². The first-order chi connectivity index (χ1) is 28.8.